The zero-order chi connectivity index (χ0) is 16.8. The van der Waals surface area contributed by atoms with Gasteiger partial charge in [0.15, 0.2) is 5.16 Å². The smallest absolute Gasteiger partial charge is 0.318 e. The van der Waals surface area contributed by atoms with E-state index in [0.29, 0.717) is 18.1 Å². The fourth-order valence-electron chi connectivity index (χ4n) is 2.07. The summed E-state index contributed by atoms with van der Waals surface area (Å²) < 4.78 is 1.96. The van der Waals surface area contributed by atoms with Gasteiger partial charge in [-0.2, -0.15) is 0 Å². The molecule has 1 atom stereocenters. The number of urea groups is 1. The molecule has 122 valence electrons. The van der Waals surface area contributed by atoms with E-state index in [2.05, 4.69) is 15.5 Å². The number of carbonyl (C=O) groups excluding carboxylic acids is 2. The van der Waals surface area contributed by atoms with E-state index in [-0.39, 0.29) is 0 Å². The third-order valence-corrected chi connectivity index (χ3v) is 4.29. The van der Waals surface area contributed by atoms with Crippen molar-refractivity contribution in [2.75, 3.05) is 0 Å². The molecule has 0 saturated heterocycles. The summed E-state index contributed by atoms with van der Waals surface area (Å²) in [5.41, 5.74) is 6.10. The van der Waals surface area contributed by atoms with Crippen molar-refractivity contribution in [3.63, 3.8) is 0 Å². The van der Waals surface area contributed by atoms with Gasteiger partial charge in [0.05, 0.1) is 5.25 Å². The van der Waals surface area contributed by atoms with Gasteiger partial charge in [-0.05, 0) is 19.4 Å². The summed E-state index contributed by atoms with van der Waals surface area (Å²) in [6.45, 7) is 4.38. The summed E-state index contributed by atoms with van der Waals surface area (Å²) in [5, 5.41) is 10.6. The van der Waals surface area contributed by atoms with Crippen molar-refractivity contribution < 1.29 is 9.59 Å². The predicted molar refractivity (Wildman–Crippen MR) is 88.0 cm³/mol. The van der Waals surface area contributed by atoms with Crippen LogP contribution in [0.1, 0.15) is 25.2 Å². The van der Waals surface area contributed by atoms with Crippen LogP contribution in [-0.2, 0) is 17.8 Å². The van der Waals surface area contributed by atoms with E-state index < -0.39 is 17.2 Å². The van der Waals surface area contributed by atoms with Crippen LogP contribution in [-0.4, -0.2) is 32.0 Å². The number of aromatic nitrogens is 3. The molecule has 0 aliphatic heterocycles. The predicted octanol–water partition coefficient (Wildman–Crippen LogP) is 1.56. The van der Waals surface area contributed by atoms with E-state index in [9.17, 15) is 9.59 Å². The Kier molecular flexibility index (Phi) is 5.75. The molecule has 8 heteroatoms. The molecule has 0 aliphatic rings. The third kappa shape index (κ3) is 4.56. The van der Waals surface area contributed by atoms with Crippen LogP contribution in [0.25, 0.3) is 0 Å². The number of hydrogen-bond acceptors (Lipinski definition) is 5. The van der Waals surface area contributed by atoms with E-state index in [0.717, 1.165) is 11.4 Å². The van der Waals surface area contributed by atoms with Crippen LogP contribution in [0, 0.1) is 0 Å². The lowest BCUT2D eigenvalue weighted by molar-refractivity contribution is -0.119. The molecule has 23 heavy (non-hydrogen) atoms. The third-order valence-electron chi connectivity index (χ3n) is 3.21. The van der Waals surface area contributed by atoms with Crippen molar-refractivity contribution in [1.82, 2.24) is 20.1 Å². The molecule has 0 bridgehead atoms. The summed E-state index contributed by atoms with van der Waals surface area (Å²) >= 11 is 1.25. The minimum atomic E-state index is -0.857. The first-order valence-corrected chi connectivity index (χ1v) is 8.12. The number of nitrogens with zero attached hydrogens (tertiary/aromatic N) is 3. The monoisotopic (exact) mass is 333 g/mol. The lowest BCUT2D eigenvalue weighted by Gasteiger charge is -2.11. The van der Waals surface area contributed by atoms with Gasteiger partial charge in [-0.1, -0.05) is 42.1 Å². The topological polar surface area (TPSA) is 103 Å². The van der Waals surface area contributed by atoms with Crippen LogP contribution in [0.3, 0.4) is 0 Å². The second kappa shape index (κ2) is 7.77. The molecule has 1 aromatic carbocycles. The number of nitrogens with two attached hydrogens (primary N) is 1. The van der Waals surface area contributed by atoms with Gasteiger partial charge in [0.2, 0.25) is 5.91 Å². The van der Waals surface area contributed by atoms with Crippen molar-refractivity contribution >= 4 is 23.7 Å². The van der Waals surface area contributed by atoms with Gasteiger partial charge < -0.3 is 10.3 Å². The molecule has 1 aromatic heterocycles. The molecule has 0 radical (unpaired) electrons. The number of hydrogen-bond donors (Lipinski definition) is 2. The van der Waals surface area contributed by atoms with Gasteiger partial charge in [0.25, 0.3) is 0 Å². The number of primary amides is 1. The summed E-state index contributed by atoms with van der Waals surface area (Å²) in [6, 6.07) is 9.13. The van der Waals surface area contributed by atoms with Crippen molar-refractivity contribution in [3.05, 3.63) is 41.7 Å². The summed E-state index contributed by atoms with van der Waals surface area (Å²) in [6.07, 6.45) is 0.671. The molecule has 1 unspecified atom stereocenters. The molecule has 2 rings (SSSR count). The minimum absolute atomic E-state index is 0.447. The Labute approximate surface area is 138 Å². The highest BCUT2D eigenvalue weighted by Gasteiger charge is 2.20. The van der Waals surface area contributed by atoms with E-state index in [1.165, 1.54) is 11.8 Å². The highest BCUT2D eigenvalue weighted by atomic mass is 32.2. The van der Waals surface area contributed by atoms with Gasteiger partial charge in [-0.3, -0.25) is 10.1 Å². The standard InChI is InChI=1S/C15H19N5O2S/c1-3-20-12(9-11-7-5-4-6-8-11)18-19-15(20)23-10(2)13(21)17-14(16)22/h4-8,10H,3,9H2,1-2H3,(H3,16,17,21,22). The number of thioether (sulfide) groups is 1. The van der Waals surface area contributed by atoms with Gasteiger partial charge in [-0.15, -0.1) is 10.2 Å². The molecule has 0 aliphatic carbocycles. The van der Waals surface area contributed by atoms with Crippen molar-refractivity contribution in [1.29, 1.82) is 0 Å². The highest BCUT2D eigenvalue weighted by Crippen LogP contribution is 2.23. The average molecular weight is 333 g/mol. The molecular formula is C15H19N5O2S. The lowest BCUT2D eigenvalue weighted by Crippen LogP contribution is -2.39. The lowest BCUT2D eigenvalue weighted by atomic mass is 10.1. The van der Waals surface area contributed by atoms with Crippen LogP contribution in [0.5, 0.6) is 0 Å². The number of rotatable bonds is 6. The first kappa shape index (κ1) is 17.0. The number of benzene rings is 1. The molecule has 2 aromatic rings. The summed E-state index contributed by atoms with van der Waals surface area (Å²) in [7, 11) is 0. The quantitative estimate of drug-likeness (QED) is 0.781. The fraction of sp³-hybridized carbons (Fsp3) is 0.333. The first-order valence-electron chi connectivity index (χ1n) is 7.24. The van der Waals surface area contributed by atoms with Crippen molar-refractivity contribution in [3.8, 4) is 0 Å². The molecule has 3 N–H and O–H groups in total. The van der Waals surface area contributed by atoms with Crippen LogP contribution in [0.4, 0.5) is 4.79 Å². The molecule has 0 saturated carbocycles. The second-order valence-electron chi connectivity index (χ2n) is 4.92. The van der Waals surface area contributed by atoms with E-state index >= 15 is 0 Å². The minimum Gasteiger partial charge on any atom is -0.351 e. The Bertz CT molecular complexity index is 686. The molecule has 0 fully saturated rings. The van der Waals surface area contributed by atoms with E-state index in [1.807, 2.05) is 41.8 Å². The Morgan fingerprint density at radius 1 is 1.30 bits per heavy atom. The van der Waals surface area contributed by atoms with Gasteiger partial charge in [0, 0.05) is 13.0 Å². The van der Waals surface area contributed by atoms with E-state index in [1.54, 1.807) is 6.92 Å². The van der Waals surface area contributed by atoms with Gasteiger partial charge in [0.1, 0.15) is 5.82 Å². The molecular weight excluding hydrogens is 314 g/mol. The Hall–Kier alpha value is -2.35. The number of carbonyl (C=O) groups is 2. The number of nitrogens with one attached hydrogen (secondary N) is 1. The Morgan fingerprint density at radius 3 is 2.61 bits per heavy atom. The average Bonchev–Trinajstić information content (AvgIpc) is 2.89. The maximum Gasteiger partial charge on any atom is 0.318 e. The normalized spacial score (nSPS) is 11.9. The first-order chi connectivity index (χ1) is 11.0. The highest BCUT2D eigenvalue weighted by molar-refractivity contribution is 8.00. The van der Waals surface area contributed by atoms with E-state index in [4.69, 9.17) is 5.73 Å². The molecule has 0 spiro atoms. The summed E-state index contributed by atoms with van der Waals surface area (Å²) in [4.78, 5) is 22.5. The zero-order valence-corrected chi connectivity index (χ0v) is 13.8. The van der Waals surface area contributed by atoms with Crippen molar-refractivity contribution in [2.45, 2.75) is 37.2 Å². The van der Waals surface area contributed by atoms with Crippen molar-refractivity contribution in [2.24, 2.45) is 5.73 Å². The van der Waals surface area contributed by atoms with Gasteiger partial charge in [-0.25, -0.2) is 4.79 Å². The second-order valence-corrected chi connectivity index (χ2v) is 6.23. The SMILES string of the molecule is CCn1c(Cc2ccccc2)nnc1SC(C)C(=O)NC(N)=O. The van der Waals surface area contributed by atoms with Crippen LogP contribution in [0.2, 0.25) is 0 Å². The summed E-state index contributed by atoms with van der Waals surface area (Å²) in [5.74, 6) is 0.390. The maximum atomic E-state index is 11.8. The number of imide groups is 1. The largest absolute Gasteiger partial charge is 0.351 e. The molecule has 7 nitrogen and oxygen atoms in total. The van der Waals surface area contributed by atoms with Crippen LogP contribution in [0.15, 0.2) is 35.5 Å². The number of amides is 3. The zero-order valence-electron chi connectivity index (χ0n) is 13.0. The van der Waals surface area contributed by atoms with Crippen LogP contribution >= 0.6 is 11.8 Å². The fourth-order valence-corrected chi connectivity index (χ4v) is 3.00. The Balaban J connectivity index is 2.11. The Morgan fingerprint density at radius 2 is 2.00 bits per heavy atom. The van der Waals surface area contributed by atoms with Gasteiger partial charge >= 0.3 is 6.03 Å². The maximum absolute atomic E-state index is 11.8. The molecule has 1 heterocycles. The molecule has 3 amide bonds. The van der Waals surface area contributed by atoms with Crippen LogP contribution < -0.4 is 11.1 Å².